The topological polar surface area (TPSA) is 21.3 Å². The van der Waals surface area contributed by atoms with Gasteiger partial charge in [-0.15, -0.1) is 0 Å². The van der Waals surface area contributed by atoms with Crippen LogP contribution in [-0.4, -0.2) is 25.8 Å². The van der Waals surface area contributed by atoms with Crippen LogP contribution in [0.5, 0.6) is 5.75 Å². The molecule has 0 unspecified atom stereocenters. The molecule has 0 N–H and O–H groups in total. The fourth-order valence-electron chi connectivity index (χ4n) is 3.51. The summed E-state index contributed by atoms with van der Waals surface area (Å²) in [6.45, 7) is 3.25. The van der Waals surface area contributed by atoms with E-state index in [1.807, 2.05) is 0 Å². The number of aromatic nitrogens is 2. The maximum Gasteiger partial charge on any atom is 0.547 e. The molecule has 2 aliphatic rings. The maximum atomic E-state index is 5.60. The summed E-state index contributed by atoms with van der Waals surface area (Å²) in [5.41, 5.74) is 5.31. The van der Waals surface area contributed by atoms with Gasteiger partial charge in [0, 0.05) is 17.8 Å². The zero-order valence-electron chi connectivity index (χ0n) is 12.2. The Morgan fingerprint density at radius 1 is 1.40 bits per heavy atom. The van der Waals surface area contributed by atoms with Crippen molar-refractivity contribution in [2.45, 2.75) is 19.8 Å². The van der Waals surface area contributed by atoms with Gasteiger partial charge >= 0.3 is 7.55 Å². The number of nitrogens with zero attached hydrogens (tertiary/aromatic N) is 3. The molecule has 2 aromatic rings. The molecule has 101 valence electrons. The number of benzene rings is 1. The number of aryl methyl sites for hydroxylation is 2. The van der Waals surface area contributed by atoms with Gasteiger partial charge in [-0.25, -0.2) is 4.57 Å². The lowest BCUT2D eigenvalue weighted by molar-refractivity contribution is -0.517. The first kappa shape index (κ1) is 11.9. The summed E-state index contributed by atoms with van der Waals surface area (Å²) in [5, 5.41) is 0. The van der Waals surface area contributed by atoms with Gasteiger partial charge in [0.1, 0.15) is 18.1 Å². The fraction of sp³-hybridized carbons (Fsp3) is 0.400. The molecule has 2 aliphatic heterocycles. The van der Waals surface area contributed by atoms with Crippen LogP contribution in [0.3, 0.4) is 0 Å². The lowest BCUT2D eigenvalue weighted by Crippen LogP contribution is -2.56. The van der Waals surface area contributed by atoms with Crippen molar-refractivity contribution >= 4 is 13.2 Å². The standard InChI is InChI=1S/C15H18BN3O/c1-10-12(20-3)9-11-5-4-6-18-14(11)13(10)15-17(2)7-8-19(15)16-18/h7-9H,4-6H2,1-3H3/q+1. The fourth-order valence-corrected chi connectivity index (χ4v) is 3.51. The molecule has 1 radical (unpaired) electrons. The summed E-state index contributed by atoms with van der Waals surface area (Å²) in [6, 6.07) is 2.22. The molecule has 5 heteroatoms. The first-order chi connectivity index (χ1) is 9.70. The molecular weight excluding hydrogens is 249 g/mol. The van der Waals surface area contributed by atoms with Crippen LogP contribution >= 0.6 is 0 Å². The summed E-state index contributed by atoms with van der Waals surface area (Å²) in [6.07, 6.45) is 6.55. The normalized spacial score (nSPS) is 15.4. The van der Waals surface area contributed by atoms with E-state index in [9.17, 15) is 0 Å². The second-order valence-corrected chi connectivity index (χ2v) is 5.64. The van der Waals surface area contributed by atoms with Gasteiger partial charge in [0.2, 0.25) is 0 Å². The highest BCUT2D eigenvalue weighted by Gasteiger charge is 2.37. The highest BCUT2D eigenvalue weighted by Crippen LogP contribution is 2.43. The molecule has 0 saturated heterocycles. The lowest BCUT2D eigenvalue weighted by Gasteiger charge is -2.34. The Hall–Kier alpha value is -1.91. The second-order valence-electron chi connectivity index (χ2n) is 5.64. The molecule has 0 saturated carbocycles. The van der Waals surface area contributed by atoms with Crippen molar-refractivity contribution in [3.8, 4) is 17.1 Å². The average molecular weight is 267 g/mol. The van der Waals surface area contributed by atoms with Crippen molar-refractivity contribution in [3.05, 3.63) is 29.6 Å². The molecule has 0 fully saturated rings. The van der Waals surface area contributed by atoms with Gasteiger partial charge in [0.25, 0.3) is 5.82 Å². The molecule has 20 heavy (non-hydrogen) atoms. The predicted molar refractivity (Wildman–Crippen MR) is 79.2 cm³/mol. The first-order valence-corrected chi connectivity index (χ1v) is 7.09. The van der Waals surface area contributed by atoms with Gasteiger partial charge in [-0.05, 0) is 31.4 Å². The molecule has 4 rings (SSSR count). The highest BCUT2D eigenvalue weighted by atomic mass is 16.5. The lowest BCUT2D eigenvalue weighted by atomic mass is 9.85. The van der Waals surface area contributed by atoms with Crippen LogP contribution in [0.4, 0.5) is 5.69 Å². The van der Waals surface area contributed by atoms with Gasteiger partial charge in [-0.2, -0.15) is 0 Å². The number of imidazole rings is 1. The zero-order chi connectivity index (χ0) is 13.9. The molecule has 3 heterocycles. The smallest absolute Gasteiger partial charge is 0.496 e. The van der Waals surface area contributed by atoms with Gasteiger partial charge in [-0.3, -0.25) is 4.48 Å². The van der Waals surface area contributed by atoms with Crippen molar-refractivity contribution in [2.24, 2.45) is 7.05 Å². The molecular formula is C15H18BN3O+. The van der Waals surface area contributed by atoms with E-state index in [1.54, 1.807) is 7.11 Å². The molecule has 0 aliphatic carbocycles. The quantitative estimate of drug-likeness (QED) is 0.729. The number of hydrogen-bond donors (Lipinski definition) is 0. The Labute approximate surface area is 119 Å². The molecule has 0 spiro atoms. The van der Waals surface area contributed by atoms with Crippen molar-refractivity contribution < 1.29 is 9.21 Å². The van der Waals surface area contributed by atoms with E-state index in [2.05, 4.69) is 53.8 Å². The Bertz CT molecular complexity index is 708. The van der Waals surface area contributed by atoms with Crippen molar-refractivity contribution in [2.75, 3.05) is 18.5 Å². The largest absolute Gasteiger partial charge is 0.547 e. The summed E-state index contributed by atoms with van der Waals surface area (Å²) in [4.78, 5) is 2.38. The van der Waals surface area contributed by atoms with Crippen molar-refractivity contribution in [1.82, 2.24) is 4.57 Å². The van der Waals surface area contributed by atoms with Gasteiger partial charge in [-0.1, -0.05) is 0 Å². The number of fused-ring (bicyclic) bond motifs is 2. The first-order valence-electron chi connectivity index (χ1n) is 7.09. The molecule has 0 bridgehead atoms. The molecule has 0 atom stereocenters. The number of hydrogen-bond acceptors (Lipinski definition) is 2. The number of ether oxygens (including phenoxy) is 1. The molecule has 1 aromatic heterocycles. The molecule has 1 aromatic carbocycles. The van der Waals surface area contributed by atoms with Crippen molar-refractivity contribution in [1.29, 1.82) is 0 Å². The van der Waals surface area contributed by atoms with E-state index < -0.39 is 0 Å². The van der Waals surface area contributed by atoms with E-state index in [4.69, 9.17) is 4.74 Å². The van der Waals surface area contributed by atoms with E-state index in [-0.39, 0.29) is 0 Å². The molecule has 4 nitrogen and oxygen atoms in total. The van der Waals surface area contributed by atoms with Crippen molar-refractivity contribution in [3.63, 3.8) is 0 Å². The van der Waals surface area contributed by atoms with Crippen LogP contribution in [0.15, 0.2) is 18.5 Å². The highest BCUT2D eigenvalue weighted by molar-refractivity contribution is 6.34. The Kier molecular flexibility index (Phi) is 2.40. The predicted octanol–water partition coefficient (Wildman–Crippen LogP) is 1.45. The van der Waals surface area contributed by atoms with Crippen LogP contribution in [0.1, 0.15) is 17.5 Å². The molecule has 0 amide bonds. The van der Waals surface area contributed by atoms with Crippen LogP contribution in [0.25, 0.3) is 11.4 Å². The van der Waals surface area contributed by atoms with E-state index >= 15 is 0 Å². The average Bonchev–Trinajstić information content (AvgIpc) is 2.83. The number of anilines is 1. The van der Waals surface area contributed by atoms with Gasteiger partial charge in [0.15, 0.2) is 0 Å². The minimum Gasteiger partial charge on any atom is -0.496 e. The number of rotatable bonds is 1. The SMILES string of the molecule is COc1cc2c3c(c1C)-c1n(C)cc[n+]1[B]N3CCC2. The third-order valence-electron chi connectivity index (χ3n) is 4.46. The van der Waals surface area contributed by atoms with E-state index in [0.717, 1.165) is 18.7 Å². The Morgan fingerprint density at radius 3 is 3.05 bits per heavy atom. The minimum absolute atomic E-state index is 0.996. The van der Waals surface area contributed by atoms with Crippen LogP contribution in [0, 0.1) is 6.92 Å². The van der Waals surface area contributed by atoms with Gasteiger partial charge in [0.05, 0.1) is 19.7 Å². The summed E-state index contributed by atoms with van der Waals surface area (Å²) >= 11 is 0. The monoisotopic (exact) mass is 267 g/mol. The second kappa shape index (κ2) is 4.04. The van der Waals surface area contributed by atoms with Crippen LogP contribution in [0.2, 0.25) is 0 Å². The third kappa shape index (κ3) is 1.40. The summed E-state index contributed by atoms with van der Waals surface area (Å²) in [5.74, 6) is 2.23. The summed E-state index contributed by atoms with van der Waals surface area (Å²) in [7, 11) is 6.08. The zero-order valence-corrected chi connectivity index (χ0v) is 12.2. The Morgan fingerprint density at radius 2 is 2.25 bits per heavy atom. The van der Waals surface area contributed by atoms with E-state index in [1.165, 1.54) is 34.6 Å². The van der Waals surface area contributed by atoms with Crippen LogP contribution in [-0.2, 0) is 13.5 Å². The summed E-state index contributed by atoms with van der Waals surface area (Å²) < 4.78 is 9.99. The van der Waals surface area contributed by atoms with E-state index in [0.29, 0.717) is 0 Å². The minimum atomic E-state index is 0.996. The third-order valence-corrected chi connectivity index (χ3v) is 4.46. The van der Waals surface area contributed by atoms with Gasteiger partial charge < -0.3 is 9.55 Å². The maximum absolute atomic E-state index is 5.60. The Balaban J connectivity index is 2.10. The number of methoxy groups -OCH3 is 1. The van der Waals surface area contributed by atoms with Crippen LogP contribution < -0.4 is 14.0 Å².